The summed E-state index contributed by atoms with van der Waals surface area (Å²) in [6, 6.07) is 0. The SMILES string of the molecule is CC1(C)[C@H]2CC=C(CCNC(=O)c3cn[nH]n3)[C@@H]1C2. The average molecular weight is 260 g/mol. The molecule has 3 aliphatic carbocycles. The van der Waals surface area contributed by atoms with Gasteiger partial charge in [0.25, 0.3) is 5.91 Å². The second-order valence-corrected chi connectivity index (χ2v) is 6.18. The minimum absolute atomic E-state index is 0.157. The molecule has 2 N–H and O–H groups in total. The number of hydrogen-bond donors (Lipinski definition) is 2. The number of nitrogens with zero attached hydrogens (tertiary/aromatic N) is 2. The number of H-pyrrole nitrogens is 1. The summed E-state index contributed by atoms with van der Waals surface area (Å²) in [6.07, 6.45) is 7.30. The molecule has 102 valence electrons. The number of carbonyl (C=O) groups excluding carboxylic acids is 1. The number of rotatable bonds is 4. The van der Waals surface area contributed by atoms with E-state index in [4.69, 9.17) is 0 Å². The third kappa shape index (κ3) is 2.07. The number of aromatic amines is 1. The summed E-state index contributed by atoms with van der Waals surface area (Å²) in [7, 11) is 0. The number of aromatic nitrogens is 3. The van der Waals surface area contributed by atoms with Crippen molar-refractivity contribution in [1.29, 1.82) is 0 Å². The zero-order valence-corrected chi connectivity index (χ0v) is 11.4. The molecular weight excluding hydrogens is 240 g/mol. The molecule has 0 saturated heterocycles. The van der Waals surface area contributed by atoms with Gasteiger partial charge in [-0.3, -0.25) is 4.79 Å². The largest absolute Gasteiger partial charge is 0.350 e. The third-order valence-electron chi connectivity index (χ3n) is 4.93. The zero-order valence-electron chi connectivity index (χ0n) is 11.4. The Balaban J connectivity index is 1.51. The molecule has 0 aromatic carbocycles. The van der Waals surface area contributed by atoms with Crippen molar-refractivity contribution in [3.05, 3.63) is 23.5 Å². The summed E-state index contributed by atoms with van der Waals surface area (Å²) in [5.41, 5.74) is 2.33. The van der Waals surface area contributed by atoms with Crippen molar-refractivity contribution in [2.45, 2.75) is 33.1 Å². The minimum Gasteiger partial charge on any atom is -0.350 e. The van der Waals surface area contributed by atoms with E-state index in [9.17, 15) is 4.79 Å². The van der Waals surface area contributed by atoms with Crippen LogP contribution in [0.25, 0.3) is 0 Å². The lowest BCUT2D eigenvalue weighted by Gasteiger charge is -2.56. The van der Waals surface area contributed by atoms with Crippen LogP contribution in [0.4, 0.5) is 0 Å². The van der Waals surface area contributed by atoms with E-state index < -0.39 is 0 Å². The van der Waals surface area contributed by atoms with Gasteiger partial charge in [0.05, 0.1) is 6.20 Å². The van der Waals surface area contributed by atoms with Gasteiger partial charge in [-0.2, -0.15) is 15.4 Å². The van der Waals surface area contributed by atoms with Crippen molar-refractivity contribution in [1.82, 2.24) is 20.7 Å². The Bertz CT molecular complexity index is 504. The standard InChI is InChI=1S/C14H20N4O/c1-14(2)10-4-3-9(11(14)7-10)5-6-15-13(19)12-8-16-18-17-12/h3,8,10-11H,4-7H2,1-2H3,(H,15,19)(H,16,17,18)/t10-,11-/m0/s1. The lowest BCUT2D eigenvalue weighted by atomic mass is 9.48. The van der Waals surface area contributed by atoms with E-state index in [-0.39, 0.29) is 5.91 Å². The highest BCUT2D eigenvalue weighted by Gasteiger charge is 2.50. The molecule has 3 aliphatic rings. The van der Waals surface area contributed by atoms with Crippen molar-refractivity contribution in [3.63, 3.8) is 0 Å². The highest BCUT2D eigenvalue weighted by molar-refractivity contribution is 5.91. The maximum absolute atomic E-state index is 11.7. The van der Waals surface area contributed by atoms with Gasteiger partial charge in [-0.05, 0) is 36.5 Å². The molecule has 2 bridgehead atoms. The fourth-order valence-corrected chi connectivity index (χ4v) is 3.48. The van der Waals surface area contributed by atoms with E-state index in [1.165, 1.54) is 24.6 Å². The Morgan fingerprint density at radius 2 is 2.42 bits per heavy atom. The van der Waals surface area contributed by atoms with Crippen molar-refractivity contribution in [2.24, 2.45) is 17.3 Å². The Morgan fingerprint density at radius 1 is 1.58 bits per heavy atom. The first-order valence-corrected chi connectivity index (χ1v) is 6.92. The number of nitrogens with one attached hydrogen (secondary N) is 2. The summed E-state index contributed by atoms with van der Waals surface area (Å²) in [5, 5.41) is 12.7. The first-order chi connectivity index (χ1) is 9.09. The van der Waals surface area contributed by atoms with Gasteiger partial charge < -0.3 is 5.32 Å². The summed E-state index contributed by atoms with van der Waals surface area (Å²) in [6.45, 7) is 5.41. The molecule has 1 heterocycles. The molecular formula is C14H20N4O. The van der Waals surface area contributed by atoms with Crippen LogP contribution in [0.15, 0.2) is 17.8 Å². The quantitative estimate of drug-likeness (QED) is 0.812. The van der Waals surface area contributed by atoms with E-state index in [1.54, 1.807) is 0 Å². The van der Waals surface area contributed by atoms with Gasteiger partial charge in [-0.1, -0.05) is 25.5 Å². The van der Waals surface area contributed by atoms with Crippen LogP contribution in [0.5, 0.6) is 0 Å². The molecule has 1 aromatic rings. The highest BCUT2D eigenvalue weighted by Crippen LogP contribution is 2.59. The molecule has 0 radical (unpaired) electrons. The van der Waals surface area contributed by atoms with E-state index in [2.05, 4.69) is 40.7 Å². The predicted octanol–water partition coefficient (Wildman–Crippen LogP) is 1.92. The monoisotopic (exact) mass is 260 g/mol. The van der Waals surface area contributed by atoms with Crippen LogP contribution in [-0.4, -0.2) is 27.9 Å². The first-order valence-electron chi connectivity index (χ1n) is 6.92. The molecule has 1 aromatic heterocycles. The van der Waals surface area contributed by atoms with Crippen LogP contribution in [0, 0.1) is 17.3 Å². The molecule has 4 rings (SSSR count). The number of hydrogen-bond acceptors (Lipinski definition) is 3. The molecule has 0 unspecified atom stereocenters. The van der Waals surface area contributed by atoms with Crippen molar-refractivity contribution in [2.75, 3.05) is 6.54 Å². The molecule has 1 saturated carbocycles. The van der Waals surface area contributed by atoms with Gasteiger partial charge in [0.1, 0.15) is 0 Å². The van der Waals surface area contributed by atoms with Crippen LogP contribution in [-0.2, 0) is 0 Å². The van der Waals surface area contributed by atoms with Crippen LogP contribution < -0.4 is 5.32 Å². The van der Waals surface area contributed by atoms with E-state index in [0.717, 1.165) is 18.3 Å². The molecule has 1 fully saturated rings. The van der Waals surface area contributed by atoms with E-state index in [1.807, 2.05) is 0 Å². The van der Waals surface area contributed by atoms with E-state index >= 15 is 0 Å². The highest BCUT2D eigenvalue weighted by atomic mass is 16.1. The van der Waals surface area contributed by atoms with Crippen LogP contribution in [0.3, 0.4) is 0 Å². The first kappa shape index (κ1) is 12.4. The Kier molecular flexibility index (Phi) is 2.92. The van der Waals surface area contributed by atoms with Gasteiger partial charge >= 0.3 is 0 Å². The number of amides is 1. The van der Waals surface area contributed by atoms with Gasteiger partial charge in [0, 0.05) is 6.54 Å². The van der Waals surface area contributed by atoms with Gasteiger partial charge in [0.15, 0.2) is 5.69 Å². The second-order valence-electron chi connectivity index (χ2n) is 6.18. The molecule has 19 heavy (non-hydrogen) atoms. The number of allylic oxidation sites excluding steroid dienone is 1. The third-order valence-corrected chi connectivity index (χ3v) is 4.93. The van der Waals surface area contributed by atoms with Gasteiger partial charge in [0.2, 0.25) is 0 Å². The molecule has 5 nitrogen and oxygen atoms in total. The second kappa shape index (κ2) is 4.47. The van der Waals surface area contributed by atoms with Crippen molar-refractivity contribution in [3.8, 4) is 0 Å². The Labute approximate surface area is 112 Å². The van der Waals surface area contributed by atoms with Crippen molar-refractivity contribution < 1.29 is 4.79 Å². The lowest BCUT2D eigenvalue weighted by Crippen LogP contribution is -2.48. The number of fused-ring (bicyclic) bond motifs is 1. The smallest absolute Gasteiger partial charge is 0.273 e. The van der Waals surface area contributed by atoms with Crippen LogP contribution >= 0.6 is 0 Å². The molecule has 1 amide bonds. The molecule has 0 spiro atoms. The van der Waals surface area contributed by atoms with Gasteiger partial charge in [-0.15, -0.1) is 0 Å². The fraction of sp³-hybridized carbons (Fsp3) is 0.643. The Morgan fingerprint density at radius 3 is 3.05 bits per heavy atom. The topological polar surface area (TPSA) is 70.7 Å². The summed E-state index contributed by atoms with van der Waals surface area (Å²) in [5.74, 6) is 1.43. The zero-order chi connectivity index (χ0) is 13.5. The Hall–Kier alpha value is -1.65. The van der Waals surface area contributed by atoms with E-state index in [0.29, 0.717) is 17.7 Å². The summed E-state index contributed by atoms with van der Waals surface area (Å²) >= 11 is 0. The van der Waals surface area contributed by atoms with Crippen LogP contribution in [0.2, 0.25) is 0 Å². The molecule has 2 atom stereocenters. The molecule has 0 aliphatic heterocycles. The van der Waals surface area contributed by atoms with Gasteiger partial charge in [-0.25, -0.2) is 0 Å². The average Bonchev–Trinajstić information content (AvgIpc) is 2.92. The summed E-state index contributed by atoms with van der Waals surface area (Å²) < 4.78 is 0. The normalized spacial score (nSPS) is 27.4. The number of carbonyl (C=O) groups is 1. The summed E-state index contributed by atoms with van der Waals surface area (Å²) in [4.78, 5) is 11.7. The van der Waals surface area contributed by atoms with Crippen LogP contribution in [0.1, 0.15) is 43.6 Å². The van der Waals surface area contributed by atoms with Crippen molar-refractivity contribution >= 4 is 5.91 Å². The minimum atomic E-state index is -0.157. The lowest BCUT2D eigenvalue weighted by molar-refractivity contribution is -0.00811. The predicted molar refractivity (Wildman–Crippen MR) is 71.4 cm³/mol. The maximum atomic E-state index is 11.7. The maximum Gasteiger partial charge on any atom is 0.273 e. The molecule has 5 heteroatoms. The fourth-order valence-electron chi connectivity index (χ4n) is 3.48.